The first-order chi connectivity index (χ1) is 16.5. The summed E-state index contributed by atoms with van der Waals surface area (Å²) in [6.45, 7) is 7.81. The van der Waals surface area contributed by atoms with E-state index in [0.717, 1.165) is 59.9 Å². The highest BCUT2D eigenvalue weighted by molar-refractivity contribution is 7.17. The Morgan fingerprint density at radius 1 is 1.38 bits per heavy atom. The van der Waals surface area contributed by atoms with Gasteiger partial charge in [-0.25, -0.2) is 4.98 Å². The van der Waals surface area contributed by atoms with Crippen LogP contribution in [-0.2, 0) is 13.0 Å². The Morgan fingerprint density at radius 3 is 3.09 bits per heavy atom. The van der Waals surface area contributed by atoms with Gasteiger partial charge in [0.25, 0.3) is 5.91 Å². The molecule has 8 heteroatoms. The third-order valence-corrected chi connectivity index (χ3v) is 7.73. The van der Waals surface area contributed by atoms with Crippen LogP contribution >= 0.6 is 11.3 Å². The average Bonchev–Trinajstić information content (AvgIpc) is 3.57. The summed E-state index contributed by atoms with van der Waals surface area (Å²) >= 11 is 1.45. The van der Waals surface area contributed by atoms with Crippen LogP contribution in [0.2, 0.25) is 0 Å². The van der Waals surface area contributed by atoms with Crippen molar-refractivity contribution in [3.63, 3.8) is 0 Å². The number of unbranched alkanes of at least 4 members (excludes halogenated alkanes) is 1. The van der Waals surface area contributed by atoms with Gasteiger partial charge in [0, 0.05) is 41.2 Å². The standard InChI is InChI=1S/C26H31N5O2S/c1-4-5-8-19(11-18-12-27-22-10-7-6-9-20(18)22)29-25(32)23-13-28-26(34-23)31-14-16(2)24-21(15-31)17(3)30-33-24/h6-7,9-10,12-13,16,19,27H,4-5,8,11,14-15H2,1-3H3,(H,29,32). The largest absolute Gasteiger partial charge is 0.361 e. The number of benzene rings is 1. The van der Waals surface area contributed by atoms with Crippen LogP contribution in [0.15, 0.2) is 41.2 Å². The Kier molecular flexibility index (Phi) is 6.41. The number of aromatic nitrogens is 3. The number of carbonyl (C=O) groups excluding carboxylic acids is 1. The van der Waals surface area contributed by atoms with Crippen molar-refractivity contribution in [2.24, 2.45) is 0 Å². The fourth-order valence-electron chi connectivity index (χ4n) is 4.81. The molecule has 3 aromatic heterocycles. The van der Waals surface area contributed by atoms with Gasteiger partial charge in [0.15, 0.2) is 5.13 Å². The molecule has 0 saturated carbocycles. The van der Waals surface area contributed by atoms with Crippen molar-refractivity contribution in [2.45, 2.75) is 65.0 Å². The lowest BCUT2D eigenvalue weighted by molar-refractivity contribution is 0.0938. The summed E-state index contributed by atoms with van der Waals surface area (Å²) in [5, 5.41) is 9.51. The Balaban J connectivity index is 1.29. The van der Waals surface area contributed by atoms with E-state index in [1.54, 1.807) is 6.20 Å². The van der Waals surface area contributed by atoms with Crippen molar-refractivity contribution in [3.8, 4) is 0 Å². The number of carbonyl (C=O) groups is 1. The van der Waals surface area contributed by atoms with Crippen LogP contribution in [0.1, 0.15) is 71.3 Å². The highest BCUT2D eigenvalue weighted by Crippen LogP contribution is 2.34. The van der Waals surface area contributed by atoms with E-state index in [1.807, 2.05) is 13.0 Å². The first-order valence-corrected chi connectivity index (χ1v) is 12.9. The Hall–Kier alpha value is -3.13. The minimum atomic E-state index is -0.0448. The fraction of sp³-hybridized carbons (Fsp3) is 0.423. The molecular weight excluding hydrogens is 446 g/mol. The molecule has 4 heterocycles. The quantitative estimate of drug-likeness (QED) is 0.346. The van der Waals surface area contributed by atoms with Gasteiger partial charge in [0.2, 0.25) is 0 Å². The van der Waals surface area contributed by atoms with E-state index in [9.17, 15) is 4.79 Å². The summed E-state index contributed by atoms with van der Waals surface area (Å²) in [6, 6.07) is 8.40. The summed E-state index contributed by atoms with van der Waals surface area (Å²) in [6.07, 6.45) is 7.71. The molecule has 1 aromatic carbocycles. The maximum atomic E-state index is 13.2. The zero-order valence-corrected chi connectivity index (χ0v) is 20.7. The van der Waals surface area contributed by atoms with Crippen LogP contribution in [0.5, 0.6) is 0 Å². The average molecular weight is 478 g/mol. The second kappa shape index (κ2) is 9.62. The minimum absolute atomic E-state index is 0.0448. The molecule has 0 aliphatic carbocycles. The molecule has 4 aromatic rings. The number of thiazole rings is 1. The number of H-pyrrole nitrogens is 1. The van der Waals surface area contributed by atoms with Gasteiger partial charge < -0.3 is 19.7 Å². The van der Waals surface area contributed by atoms with Crippen LogP contribution in [0.25, 0.3) is 10.9 Å². The molecule has 5 rings (SSSR count). The third kappa shape index (κ3) is 4.46. The molecule has 0 radical (unpaired) electrons. The number of hydrogen-bond donors (Lipinski definition) is 2. The molecule has 7 nitrogen and oxygen atoms in total. The number of amides is 1. The molecule has 0 saturated heterocycles. The van der Waals surface area contributed by atoms with Crippen LogP contribution in [0.3, 0.4) is 0 Å². The molecule has 2 atom stereocenters. The molecule has 1 aliphatic heterocycles. The molecule has 0 spiro atoms. The number of aromatic amines is 1. The van der Waals surface area contributed by atoms with Gasteiger partial charge in [-0.05, 0) is 31.4 Å². The zero-order valence-electron chi connectivity index (χ0n) is 19.9. The van der Waals surface area contributed by atoms with E-state index in [4.69, 9.17) is 4.52 Å². The number of fused-ring (bicyclic) bond motifs is 2. The van der Waals surface area contributed by atoms with Gasteiger partial charge in [-0.1, -0.05) is 61.4 Å². The molecule has 178 valence electrons. The number of nitrogens with zero attached hydrogens (tertiary/aromatic N) is 3. The Morgan fingerprint density at radius 2 is 2.24 bits per heavy atom. The Bertz CT molecular complexity index is 1290. The molecule has 34 heavy (non-hydrogen) atoms. The Labute approximate surface area is 203 Å². The first-order valence-electron chi connectivity index (χ1n) is 12.0. The van der Waals surface area contributed by atoms with Crippen molar-refractivity contribution in [1.29, 1.82) is 0 Å². The van der Waals surface area contributed by atoms with E-state index in [1.165, 1.54) is 22.3 Å². The van der Waals surface area contributed by atoms with E-state index in [-0.39, 0.29) is 17.9 Å². The smallest absolute Gasteiger partial charge is 0.263 e. The molecule has 1 aliphatic rings. The predicted octanol–water partition coefficient (Wildman–Crippen LogP) is 5.58. The SMILES string of the molecule is CCCCC(Cc1c[nH]c2ccccc12)NC(=O)c1cnc(N2Cc3c(C)noc3C(C)C2)s1. The number of anilines is 1. The van der Waals surface area contributed by atoms with Gasteiger partial charge in [-0.15, -0.1) is 0 Å². The normalized spacial score (nSPS) is 16.6. The van der Waals surface area contributed by atoms with Crippen molar-refractivity contribution in [3.05, 3.63) is 64.1 Å². The second-order valence-electron chi connectivity index (χ2n) is 9.28. The number of hydrogen-bond acceptors (Lipinski definition) is 6. The molecular formula is C26H31N5O2S. The molecule has 0 fully saturated rings. The maximum Gasteiger partial charge on any atom is 0.263 e. The first kappa shape index (κ1) is 22.7. The van der Waals surface area contributed by atoms with Crippen molar-refractivity contribution >= 4 is 33.3 Å². The summed E-state index contributed by atoms with van der Waals surface area (Å²) in [7, 11) is 0. The molecule has 1 amide bonds. The lowest BCUT2D eigenvalue weighted by atomic mass is 9.98. The van der Waals surface area contributed by atoms with Gasteiger partial charge in [-0.3, -0.25) is 4.79 Å². The maximum absolute atomic E-state index is 13.2. The highest BCUT2D eigenvalue weighted by atomic mass is 32.1. The van der Waals surface area contributed by atoms with Crippen molar-refractivity contribution in [1.82, 2.24) is 20.4 Å². The predicted molar refractivity (Wildman–Crippen MR) is 136 cm³/mol. The van der Waals surface area contributed by atoms with Gasteiger partial charge >= 0.3 is 0 Å². The van der Waals surface area contributed by atoms with Crippen LogP contribution in [0.4, 0.5) is 5.13 Å². The lowest BCUT2D eigenvalue weighted by Gasteiger charge is -2.29. The number of rotatable bonds is 8. The van der Waals surface area contributed by atoms with Crippen molar-refractivity contribution in [2.75, 3.05) is 11.4 Å². The highest BCUT2D eigenvalue weighted by Gasteiger charge is 2.30. The summed E-state index contributed by atoms with van der Waals surface area (Å²) in [5.41, 5.74) is 4.44. The van der Waals surface area contributed by atoms with Gasteiger partial charge in [0.05, 0.1) is 18.4 Å². The minimum Gasteiger partial charge on any atom is -0.361 e. The summed E-state index contributed by atoms with van der Waals surface area (Å²) < 4.78 is 5.51. The topological polar surface area (TPSA) is 87.0 Å². The van der Waals surface area contributed by atoms with E-state index in [2.05, 4.69) is 63.6 Å². The molecule has 0 bridgehead atoms. The zero-order chi connectivity index (χ0) is 23.7. The van der Waals surface area contributed by atoms with E-state index >= 15 is 0 Å². The fourth-order valence-corrected chi connectivity index (χ4v) is 5.64. The van der Waals surface area contributed by atoms with E-state index < -0.39 is 0 Å². The van der Waals surface area contributed by atoms with Crippen LogP contribution < -0.4 is 10.2 Å². The number of nitrogens with one attached hydrogen (secondary N) is 2. The summed E-state index contributed by atoms with van der Waals surface area (Å²) in [5.74, 6) is 1.16. The van der Waals surface area contributed by atoms with Crippen molar-refractivity contribution < 1.29 is 9.32 Å². The lowest BCUT2D eigenvalue weighted by Crippen LogP contribution is -2.36. The second-order valence-corrected chi connectivity index (χ2v) is 10.3. The number of aryl methyl sites for hydroxylation is 1. The van der Waals surface area contributed by atoms with E-state index in [0.29, 0.717) is 11.4 Å². The van der Waals surface area contributed by atoms with Gasteiger partial charge in [-0.2, -0.15) is 0 Å². The summed E-state index contributed by atoms with van der Waals surface area (Å²) in [4.78, 5) is 24.0. The molecule has 2 unspecified atom stereocenters. The monoisotopic (exact) mass is 477 g/mol. The van der Waals surface area contributed by atoms with Gasteiger partial charge in [0.1, 0.15) is 10.6 Å². The van der Waals surface area contributed by atoms with Crippen LogP contribution in [-0.4, -0.2) is 33.6 Å². The number of para-hydroxylation sites is 1. The van der Waals surface area contributed by atoms with Crippen LogP contribution in [0, 0.1) is 6.92 Å². The third-order valence-electron chi connectivity index (χ3n) is 6.68. The molecule has 2 N–H and O–H groups in total.